The van der Waals surface area contributed by atoms with Gasteiger partial charge in [0.05, 0.1) is 0 Å². The molecule has 0 aromatic heterocycles. The molecule has 0 amide bonds. The van der Waals surface area contributed by atoms with Gasteiger partial charge in [-0.05, 0) is 92.1 Å². The maximum absolute atomic E-state index is 2.58. The Morgan fingerprint density at radius 3 is 1.86 bits per heavy atom. The summed E-state index contributed by atoms with van der Waals surface area (Å²) in [6.45, 7) is 2.29. The zero-order valence-electron chi connectivity index (χ0n) is 13.4. The monoisotopic (exact) mass is 280 g/mol. The predicted octanol–water partition coefficient (Wildman–Crippen LogP) is 5.80. The lowest BCUT2D eigenvalue weighted by Gasteiger charge is -2.30. The normalized spacial score (nSPS) is 43.9. The smallest absolute Gasteiger partial charge is 0.0128 e. The van der Waals surface area contributed by atoms with Crippen molar-refractivity contribution in [3.05, 3.63) is 34.9 Å². The molecule has 112 valence electrons. The maximum Gasteiger partial charge on any atom is -0.0128 e. The van der Waals surface area contributed by atoms with Gasteiger partial charge in [0.25, 0.3) is 0 Å². The van der Waals surface area contributed by atoms with Gasteiger partial charge in [-0.1, -0.05) is 36.6 Å². The van der Waals surface area contributed by atoms with Gasteiger partial charge in [0.1, 0.15) is 0 Å². The van der Waals surface area contributed by atoms with Crippen molar-refractivity contribution in [2.24, 2.45) is 23.7 Å². The average Bonchev–Trinajstić information content (AvgIpc) is 3.27. The fourth-order valence-electron chi connectivity index (χ4n) is 6.60. The van der Waals surface area contributed by atoms with E-state index in [2.05, 4.69) is 25.1 Å². The van der Waals surface area contributed by atoms with Crippen LogP contribution in [-0.2, 0) is 0 Å². The summed E-state index contributed by atoms with van der Waals surface area (Å²) in [5.74, 6) is 6.00. The molecule has 0 heteroatoms. The molecule has 0 heterocycles. The number of hydrogen-bond acceptors (Lipinski definition) is 0. The van der Waals surface area contributed by atoms with E-state index in [4.69, 9.17) is 0 Å². The van der Waals surface area contributed by atoms with Crippen LogP contribution in [0.2, 0.25) is 0 Å². The number of fused-ring (bicyclic) bond motifs is 4. The van der Waals surface area contributed by atoms with E-state index in [1.54, 1.807) is 11.1 Å². The molecule has 4 saturated carbocycles. The van der Waals surface area contributed by atoms with E-state index in [1.165, 1.54) is 56.9 Å². The van der Waals surface area contributed by atoms with E-state index in [1.807, 2.05) is 0 Å². The van der Waals surface area contributed by atoms with Crippen LogP contribution in [0.3, 0.4) is 0 Å². The predicted molar refractivity (Wildman–Crippen MR) is 87.6 cm³/mol. The minimum Gasteiger partial charge on any atom is -0.0590 e. The van der Waals surface area contributed by atoms with Gasteiger partial charge in [0, 0.05) is 0 Å². The fourth-order valence-corrected chi connectivity index (χ4v) is 6.60. The summed E-state index contributed by atoms with van der Waals surface area (Å²) in [4.78, 5) is 0. The molecule has 0 N–H and O–H groups in total. The van der Waals surface area contributed by atoms with Crippen molar-refractivity contribution in [1.29, 1.82) is 0 Å². The molecule has 0 nitrogen and oxygen atoms in total. The Morgan fingerprint density at radius 1 is 0.714 bits per heavy atom. The molecule has 0 aliphatic heterocycles. The summed E-state index contributed by atoms with van der Waals surface area (Å²) >= 11 is 0. The third kappa shape index (κ3) is 1.94. The summed E-state index contributed by atoms with van der Waals surface area (Å²) in [7, 11) is 0. The van der Waals surface area contributed by atoms with Gasteiger partial charge in [0.2, 0.25) is 0 Å². The largest absolute Gasteiger partial charge is 0.0590 e. The lowest BCUT2D eigenvalue weighted by molar-refractivity contribution is 0.395. The molecule has 4 aliphatic rings. The maximum atomic E-state index is 2.58. The van der Waals surface area contributed by atoms with Crippen LogP contribution in [0.1, 0.15) is 79.9 Å². The minimum absolute atomic E-state index is 0.915. The molecule has 5 rings (SSSR count). The molecule has 6 atom stereocenters. The third-order valence-corrected chi connectivity index (χ3v) is 7.52. The highest BCUT2D eigenvalue weighted by Gasteiger charge is 2.44. The summed E-state index contributed by atoms with van der Waals surface area (Å²) in [5, 5.41) is 0. The van der Waals surface area contributed by atoms with Crippen molar-refractivity contribution in [2.75, 3.05) is 0 Å². The van der Waals surface area contributed by atoms with Crippen molar-refractivity contribution >= 4 is 0 Å². The molecule has 1 aromatic carbocycles. The van der Waals surface area contributed by atoms with Crippen molar-refractivity contribution in [3.8, 4) is 0 Å². The molecular formula is C21H28. The van der Waals surface area contributed by atoms with Gasteiger partial charge in [-0.15, -0.1) is 0 Å². The molecule has 0 radical (unpaired) electrons. The topological polar surface area (TPSA) is 0 Å². The number of benzene rings is 1. The molecule has 1 aromatic rings. The van der Waals surface area contributed by atoms with Crippen molar-refractivity contribution in [3.63, 3.8) is 0 Å². The van der Waals surface area contributed by atoms with Crippen molar-refractivity contribution in [1.82, 2.24) is 0 Å². The minimum atomic E-state index is 0.915. The van der Waals surface area contributed by atoms with Crippen LogP contribution < -0.4 is 0 Å². The Labute approximate surface area is 129 Å². The SMILES string of the molecule is Cc1ccc([C@@H]2C[C@H]3CC[C@@H]2C3)c([C@@H]2C[C@H]3CC[C@@H]2C3)c1. The van der Waals surface area contributed by atoms with Gasteiger partial charge < -0.3 is 0 Å². The summed E-state index contributed by atoms with van der Waals surface area (Å²) in [6, 6.07) is 7.49. The Hall–Kier alpha value is -0.780. The first-order chi connectivity index (χ1) is 10.3. The highest BCUT2D eigenvalue weighted by Crippen LogP contribution is 2.57. The number of hydrogen-bond donors (Lipinski definition) is 0. The van der Waals surface area contributed by atoms with Gasteiger partial charge in [0.15, 0.2) is 0 Å². The molecule has 4 aliphatic carbocycles. The number of rotatable bonds is 2. The Morgan fingerprint density at radius 2 is 1.33 bits per heavy atom. The molecule has 21 heavy (non-hydrogen) atoms. The Balaban J connectivity index is 1.53. The van der Waals surface area contributed by atoms with Gasteiger partial charge >= 0.3 is 0 Å². The average molecular weight is 280 g/mol. The van der Waals surface area contributed by atoms with Crippen LogP contribution in [0, 0.1) is 30.6 Å². The summed E-state index contributed by atoms with van der Waals surface area (Å²) < 4.78 is 0. The first kappa shape index (κ1) is 12.7. The van der Waals surface area contributed by atoms with Crippen LogP contribution in [0.15, 0.2) is 18.2 Å². The zero-order chi connectivity index (χ0) is 14.0. The van der Waals surface area contributed by atoms with E-state index in [-0.39, 0.29) is 0 Å². The van der Waals surface area contributed by atoms with Gasteiger partial charge in [-0.2, -0.15) is 0 Å². The first-order valence-corrected chi connectivity index (χ1v) is 9.38. The lowest BCUT2D eigenvalue weighted by atomic mass is 9.75. The highest BCUT2D eigenvalue weighted by atomic mass is 14.5. The second-order valence-electron chi connectivity index (χ2n) is 8.70. The first-order valence-electron chi connectivity index (χ1n) is 9.38. The van der Waals surface area contributed by atoms with E-state index >= 15 is 0 Å². The molecule has 0 unspecified atom stereocenters. The molecule has 0 spiro atoms. The molecule has 4 bridgehead atoms. The van der Waals surface area contributed by atoms with Crippen LogP contribution >= 0.6 is 0 Å². The van der Waals surface area contributed by atoms with E-state index < -0.39 is 0 Å². The highest BCUT2D eigenvalue weighted by molar-refractivity contribution is 5.39. The summed E-state index contributed by atoms with van der Waals surface area (Å²) in [6.07, 6.45) is 12.2. The van der Waals surface area contributed by atoms with Crippen molar-refractivity contribution < 1.29 is 0 Å². The van der Waals surface area contributed by atoms with Crippen LogP contribution in [0.4, 0.5) is 0 Å². The molecular weight excluding hydrogens is 252 g/mol. The van der Waals surface area contributed by atoms with E-state index in [0.717, 1.165) is 35.5 Å². The zero-order valence-corrected chi connectivity index (χ0v) is 13.4. The van der Waals surface area contributed by atoms with Crippen LogP contribution in [0.25, 0.3) is 0 Å². The quantitative estimate of drug-likeness (QED) is 0.642. The molecule has 0 saturated heterocycles. The van der Waals surface area contributed by atoms with Crippen molar-refractivity contribution in [2.45, 2.75) is 70.1 Å². The van der Waals surface area contributed by atoms with Gasteiger partial charge in [-0.25, -0.2) is 0 Å². The summed E-state index contributed by atoms with van der Waals surface area (Å²) in [5.41, 5.74) is 5.06. The van der Waals surface area contributed by atoms with E-state index in [9.17, 15) is 0 Å². The number of aryl methyl sites for hydroxylation is 1. The standard InChI is InChI=1S/C21H28/c1-13-2-7-18(19-11-14-3-5-16(19)9-14)21(8-13)20-12-15-4-6-17(20)10-15/h2,7-8,14-17,19-20H,3-6,9-12H2,1H3/t14-,15-,16+,17+,19+,20+/m0/s1. The van der Waals surface area contributed by atoms with Gasteiger partial charge in [-0.3, -0.25) is 0 Å². The second kappa shape index (κ2) is 4.61. The fraction of sp³-hybridized carbons (Fsp3) is 0.714. The Bertz CT molecular complexity index is 557. The molecule has 4 fully saturated rings. The lowest BCUT2D eigenvalue weighted by Crippen LogP contribution is -2.16. The second-order valence-corrected chi connectivity index (χ2v) is 8.70. The van der Waals surface area contributed by atoms with Crippen LogP contribution in [-0.4, -0.2) is 0 Å². The van der Waals surface area contributed by atoms with Crippen LogP contribution in [0.5, 0.6) is 0 Å². The van der Waals surface area contributed by atoms with E-state index in [0.29, 0.717) is 0 Å². The third-order valence-electron chi connectivity index (χ3n) is 7.52. The Kier molecular flexibility index (Phi) is 2.79.